The summed E-state index contributed by atoms with van der Waals surface area (Å²) >= 11 is 0. The van der Waals surface area contributed by atoms with Crippen molar-refractivity contribution < 1.29 is 5.11 Å². The summed E-state index contributed by atoms with van der Waals surface area (Å²) in [6, 6.07) is 8.30. The molecule has 1 heterocycles. The van der Waals surface area contributed by atoms with Crippen LogP contribution in [0.2, 0.25) is 0 Å². The molecule has 0 aliphatic rings. The first-order valence-corrected chi connectivity index (χ1v) is 5.47. The highest BCUT2D eigenvalue weighted by molar-refractivity contribution is 5.40. The van der Waals surface area contributed by atoms with Crippen LogP contribution in [-0.4, -0.2) is 21.6 Å². The Morgan fingerprint density at radius 2 is 2.11 bits per heavy atom. The van der Waals surface area contributed by atoms with Gasteiger partial charge in [0.15, 0.2) is 0 Å². The number of anilines is 2. The van der Waals surface area contributed by atoms with Crippen LogP contribution in [0, 0.1) is 0 Å². The van der Waals surface area contributed by atoms with E-state index in [0.29, 0.717) is 11.5 Å². The Morgan fingerprint density at radius 3 is 2.78 bits per heavy atom. The molecular formula is C12H14N4O2. The number of nitrogens with zero attached hydrogens (tertiary/aromatic N) is 1. The second-order valence-corrected chi connectivity index (χ2v) is 3.86. The largest absolute Gasteiger partial charge is 0.399 e. The van der Waals surface area contributed by atoms with Gasteiger partial charge in [0.25, 0.3) is 5.56 Å². The maximum Gasteiger partial charge on any atom is 0.252 e. The number of aliphatic hydroxyl groups excluding tert-OH is 1. The van der Waals surface area contributed by atoms with Crippen molar-refractivity contribution in [2.75, 3.05) is 17.6 Å². The number of aromatic amines is 1. The summed E-state index contributed by atoms with van der Waals surface area (Å²) in [6.45, 7) is 0.264. The Balaban J connectivity index is 1.98. The van der Waals surface area contributed by atoms with Crippen LogP contribution in [0.4, 0.5) is 11.5 Å². The van der Waals surface area contributed by atoms with Crippen LogP contribution in [0.15, 0.2) is 41.5 Å². The van der Waals surface area contributed by atoms with E-state index in [4.69, 9.17) is 5.73 Å². The van der Waals surface area contributed by atoms with Crippen molar-refractivity contribution >= 4 is 11.5 Å². The molecule has 2 aromatic rings. The van der Waals surface area contributed by atoms with Gasteiger partial charge in [-0.1, -0.05) is 12.1 Å². The highest BCUT2D eigenvalue weighted by atomic mass is 16.3. The van der Waals surface area contributed by atoms with Crippen LogP contribution in [-0.2, 0) is 0 Å². The van der Waals surface area contributed by atoms with Crippen molar-refractivity contribution in [3.8, 4) is 0 Å². The van der Waals surface area contributed by atoms with Gasteiger partial charge in [0.05, 0.1) is 12.4 Å². The second kappa shape index (κ2) is 5.33. The minimum absolute atomic E-state index is 0.241. The zero-order valence-electron chi connectivity index (χ0n) is 9.63. The van der Waals surface area contributed by atoms with Crippen LogP contribution >= 0.6 is 0 Å². The lowest BCUT2D eigenvalue weighted by molar-refractivity contribution is 0.191. The van der Waals surface area contributed by atoms with Crippen LogP contribution in [0.25, 0.3) is 0 Å². The SMILES string of the molecule is Nc1ccc(C(O)CNc2cc(=O)[nH]cn2)cc1. The van der Waals surface area contributed by atoms with Crippen molar-refractivity contribution in [3.05, 3.63) is 52.6 Å². The van der Waals surface area contributed by atoms with Gasteiger partial charge in [-0.2, -0.15) is 0 Å². The molecule has 0 radical (unpaired) electrons. The number of nitrogen functional groups attached to an aromatic ring is 1. The van der Waals surface area contributed by atoms with Crippen molar-refractivity contribution in [1.29, 1.82) is 0 Å². The maximum atomic E-state index is 11.0. The Hall–Kier alpha value is -2.34. The molecule has 1 atom stereocenters. The highest BCUT2D eigenvalue weighted by Gasteiger charge is 2.07. The average Bonchev–Trinajstić information content (AvgIpc) is 2.37. The smallest absolute Gasteiger partial charge is 0.252 e. The van der Waals surface area contributed by atoms with Gasteiger partial charge in [0.2, 0.25) is 0 Å². The zero-order chi connectivity index (χ0) is 13.0. The van der Waals surface area contributed by atoms with Crippen LogP contribution < -0.4 is 16.6 Å². The van der Waals surface area contributed by atoms with E-state index in [1.807, 2.05) is 0 Å². The van der Waals surface area contributed by atoms with Gasteiger partial charge >= 0.3 is 0 Å². The molecule has 5 N–H and O–H groups in total. The topological polar surface area (TPSA) is 104 Å². The van der Waals surface area contributed by atoms with E-state index in [0.717, 1.165) is 5.56 Å². The summed E-state index contributed by atoms with van der Waals surface area (Å²) in [7, 11) is 0. The summed E-state index contributed by atoms with van der Waals surface area (Å²) in [6.07, 6.45) is 0.618. The number of nitrogens with two attached hydrogens (primary N) is 1. The van der Waals surface area contributed by atoms with Gasteiger partial charge in [-0.3, -0.25) is 4.79 Å². The molecule has 94 valence electrons. The normalized spacial score (nSPS) is 12.1. The lowest BCUT2D eigenvalue weighted by atomic mass is 10.1. The van der Waals surface area contributed by atoms with E-state index in [1.54, 1.807) is 24.3 Å². The second-order valence-electron chi connectivity index (χ2n) is 3.86. The summed E-state index contributed by atoms with van der Waals surface area (Å²) in [4.78, 5) is 17.4. The number of benzene rings is 1. The third kappa shape index (κ3) is 3.08. The van der Waals surface area contributed by atoms with Crippen LogP contribution in [0.5, 0.6) is 0 Å². The number of aliphatic hydroxyl groups is 1. The molecule has 0 saturated heterocycles. The van der Waals surface area contributed by atoms with Crippen molar-refractivity contribution in [2.24, 2.45) is 0 Å². The standard InChI is InChI=1S/C12H14N4O2/c13-9-3-1-8(2-4-9)10(17)6-14-11-5-12(18)16-7-15-11/h1-5,7,10,17H,6,13H2,(H2,14,15,16,18). The zero-order valence-corrected chi connectivity index (χ0v) is 9.63. The first kappa shape index (κ1) is 12.1. The third-order valence-corrected chi connectivity index (χ3v) is 2.48. The molecule has 0 aliphatic heterocycles. The van der Waals surface area contributed by atoms with Gasteiger partial charge in [0, 0.05) is 18.3 Å². The van der Waals surface area contributed by atoms with Gasteiger partial charge in [-0.25, -0.2) is 4.98 Å². The maximum absolute atomic E-state index is 11.0. The van der Waals surface area contributed by atoms with E-state index in [2.05, 4.69) is 15.3 Å². The lowest BCUT2D eigenvalue weighted by Crippen LogP contribution is -2.15. The Morgan fingerprint density at radius 1 is 1.39 bits per heavy atom. The van der Waals surface area contributed by atoms with E-state index < -0.39 is 6.10 Å². The molecule has 0 bridgehead atoms. The molecule has 1 aromatic carbocycles. The number of nitrogens with one attached hydrogen (secondary N) is 2. The molecule has 6 nitrogen and oxygen atoms in total. The molecule has 1 aromatic heterocycles. The fourth-order valence-electron chi connectivity index (χ4n) is 1.50. The first-order chi connectivity index (χ1) is 8.65. The van der Waals surface area contributed by atoms with E-state index in [-0.39, 0.29) is 12.1 Å². The van der Waals surface area contributed by atoms with E-state index >= 15 is 0 Å². The van der Waals surface area contributed by atoms with Crippen molar-refractivity contribution in [2.45, 2.75) is 6.10 Å². The summed E-state index contributed by atoms with van der Waals surface area (Å²) in [5, 5.41) is 12.8. The molecule has 0 fully saturated rings. The summed E-state index contributed by atoms with van der Waals surface area (Å²) < 4.78 is 0. The van der Waals surface area contributed by atoms with Gasteiger partial charge in [-0.15, -0.1) is 0 Å². The Labute approximate surface area is 104 Å². The predicted octanol–water partition coefficient (Wildman–Crippen LogP) is 0.498. The van der Waals surface area contributed by atoms with Crippen molar-refractivity contribution in [3.63, 3.8) is 0 Å². The monoisotopic (exact) mass is 246 g/mol. The van der Waals surface area contributed by atoms with Crippen LogP contribution in [0.3, 0.4) is 0 Å². The molecule has 0 amide bonds. The van der Waals surface area contributed by atoms with Crippen molar-refractivity contribution in [1.82, 2.24) is 9.97 Å². The highest BCUT2D eigenvalue weighted by Crippen LogP contribution is 2.14. The Kier molecular flexibility index (Phi) is 3.59. The van der Waals surface area contributed by atoms with E-state index in [1.165, 1.54) is 12.4 Å². The predicted molar refractivity (Wildman–Crippen MR) is 69.2 cm³/mol. The number of H-pyrrole nitrogens is 1. The van der Waals surface area contributed by atoms with Gasteiger partial charge in [0.1, 0.15) is 5.82 Å². The quantitative estimate of drug-likeness (QED) is 0.588. The minimum Gasteiger partial charge on any atom is -0.399 e. The molecular weight excluding hydrogens is 232 g/mol. The molecule has 1 unspecified atom stereocenters. The number of hydrogen-bond donors (Lipinski definition) is 4. The molecule has 18 heavy (non-hydrogen) atoms. The van der Waals surface area contributed by atoms with E-state index in [9.17, 15) is 9.90 Å². The fourth-order valence-corrected chi connectivity index (χ4v) is 1.50. The lowest BCUT2D eigenvalue weighted by Gasteiger charge is -2.12. The van der Waals surface area contributed by atoms with Gasteiger partial charge in [-0.05, 0) is 17.7 Å². The molecule has 0 aliphatic carbocycles. The average molecular weight is 246 g/mol. The number of rotatable bonds is 4. The number of aromatic nitrogens is 2. The third-order valence-electron chi connectivity index (χ3n) is 2.48. The molecule has 6 heteroatoms. The fraction of sp³-hybridized carbons (Fsp3) is 0.167. The summed E-state index contributed by atoms with van der Waals surface area (Å²) in [5.74, 6) is 0.424. The molecule has 0 spiro atoms. The summed E-state index contributed by atoms with van der Waals surface area (Å²) in [5.41, 5.74) is 6.72. The Bertz CT molecular complexity index is 565. The number of hydrogen-bond acceptors (Lipinski definition) is 5. The minimum atomic E-state index is -0.688. The van der Waals surface area contributed by atoms with Crippen LogP contribution in [0.1, 0.15) is 11.7 Å². The molecule has 2 rings (SSSR count). The van der Waals surface area contributed by atoms with Gasteiger partial charge < -0.3 is 21.1 Å². The molecule has 0 saturated carbocycles. The first-order valence-electron chi connectivity index (χ1n) is 5.47.